The summed E-state index contributed by atoms with van der Waals surface area (Å²) in [7, 11) is 0. The zero-order chi connectivity index (χ0) is 40.1. The molecule has 0 N–H and O–H groups in total. The maximum absolute atomic E-state index is 13.0. The van der Waals surface area contributed by atoms with Crippen LogP contribution in [-0.4, -0.2) is 90.0 Å². The average Bonchev–Trinajstić information content (AvgIpc) is 3.73. The molecule has 3 aliphatic rings. The van der Waals surface area contributed by atoms with Gasteiger partial charge >= 0.3 is 18.2 Å². The number of hydrogen-bond acceptors (Lipinski definition) is 10. The highest BCUT2D eigenvalue weighted by Gasteiger charge is 2.32. The topological polar surface area (TPSA) is 110 Å². The SMILES string of the molecule is CC(C)(C)OC(=O)N1CC[C@H](COc2nc3c(c(N4CCN(C(=O)OCc5ccccc5)CC4)n2)CCN(c2cc(OCc4ccccc4)cc4ccccc24)C3)C1. The molecule has 3 aliphatic heterocycles. The molecular weight excluding hydrogens is 733 g/mol. The normalized spacial score (nSPS) is 16.9. The number of nitrogens with zero attached hydrogens (tertiary/aromatic N) is 6. The van der Waals surface area contributed by atoms with Gasteiger partial charge in [0.25, 0.3) is 0 Å². The van der Waals surface area contributed by atoms with Crippen molar-refractivity contribution in [2.24, 2.45) is 5.92 Å². The predicted molar refractivity (Wildman–Crippen MR) is 223 cm³/mol. The van der Waals surface area contributed by atoms with E-state index < -0.39 is 5.60 Å². The molecule has 2 saturated heterocycles. The van der Waals surface area contributed by atoms with Crippen LogP contribution in [0.1, 0.15) is 49.6 Å². The number of carbonyl (C=O) groups excluding carboxylic acids is 2. The number of amides is 2. The van der Waals surface area contributed by atoms with Gasteiger partial charge in [0, 0.05) is 74.4 Å². The lowest BCUT2D eigenvalue weighted by Crippen LogP contribution is -2.49. The van der Waals surface area contributed by atoms with Crippen molar-refractivity contribution >= 4 is 34.5 Å². The second-order valence-corrected chi connectivity index (χ2v) is 16.3. The molecule has 1 atom stereocenters. The Bertz CT molecular complexity index is 2210. The lowest BCUT2D eigenvalue weighted by atomic mass is 10.0. The Kier molecular flexibility index (Phi) is 11.5. The smallest absolute Gasteiger partial charge is 0.410 e. The van der Waals surface area contributed by atoms with Gasteiger partial charge in [-0.3, -0.25) is 0 Å². The van der Waals surface area contributed by atoms with Crippen LogP contribution in [0, 0.1) is 5.92 Å². The van der Waals surface area contributed by atoms with E-state index in [1.807, 2.05) is 69.3 Å². The van der Waals surface area contributed by atoms with E-state index in [1.54, 1.807) is 9.80 Å². The molecule has 0 aliphatic carbocycles. The van der Waals surface area contributed by atoms with Crippen LogP contribution in [0.4, 0.5) is 21.1 Å². The van der Waals surface area contributed by atoms with Gasteiger partial charge in [-0.25, -0.2) is 9.59 Å². The number of carbonyl (C=O) groups is 2. The van der Waals surface area contributed by atoms with Crippen LogP contribution in [0.5, 0.6) is 11.8 Å². The van der Waals surface area contributed by atoms with E-state index >= 15 is 0 Å². The first-order valence-electron chi connectivity index (χ1n) is 20.3. The summed E-state index contributed by atoms with van der Waals surface area (Å²) < 4.78 is 24.0. The number of benzene rings is 4. The van der Waals surface area contributed by atoms with Gasteiger partial charge in [-0.15, -0.1) is 0 Å². The molecule has 12 heteroatoms. The van der Waals surface area contributed by atoms with Crippen LogP contribution in [0.25, 0.3) is 10.8 Å². The minimum Gasteiger partial charge on any atom is -0.489 e. The van der Waals surface area contributed by atoms with Crippen molar-refractivity contribution in [3.05, 3.63) is 119 Å². The first-order chi connectivity index (χ1) is 28.1. The molecule has 8 rings (SSSR count). The van der Waals surface area contributed by atoms with E-state index in [0.717, 1.165) is 69.8 Å². The van der Waals surface area contributed by atoms with E-state index in [9.17, 15) is 9.59 Å². The van der Waals surface area contributed by atoms with E-state index in [0.29, 0.717) is 65.0 Å². The fourth-order valence-corrected chi connectivity index (χ4v) is 7.83. The molecule has 12 nitrogen and oxygen atoms in total. The summed E-state index contributed by atoms with van der Waals surface area (Å²) in [5.74, 6) is 1.79. The predicted octanol–water partition coefficient (Wildman–Crippen LogP) is 7.87. The maximum atomic E-state index is 13.0. The molecule has 0 spiro atoms. The minimum atomic E-state index is -0.552. The van der Waals surface area contributed by atoms with E-state index in [-0.39, 0.29) is 24.7 Å². The summed E-state index contributed by atoms with van der Waals surface area (Å²) in [5, 5.41) is 2.26. The average molecular weight is 785 g/mol. The Morgan fingerprint density at radius 1 is 0.724 bits per heavy atom. The fraction of sp³-hybridized carbons (Fsp3) is 0.391. The van der Waals surface area contributed by atoms with Gasteiger partial charge < -0.3 is 38.5 Å². The van der Waals surface area contributed by atoms with Crippen molar-refractivity contribution in [2.75, 3.05) is 62.2 Å². The molecule has 58 heavy (non-hydrogen) atoms. The molecule has 2 fully saturated rings. The third-order valence-corrected chi connectivity index (χ3v) is 10.9. The Morgan fingerprint density at radius 3 is 2.17 bits per heavy atom. The van der Waals surface area contributed by atoms with Gasteiger partial charge in [0.1, 0.15) is 30.4 Å². The highest BCUT2D eigenvalue weighted by Crippen LogP contribution is 2.37. The van der Waals surface area contributed by atoms with Crippen LogP contribution in [0.2, 0.25) is 0 Å². The third kappa shape index (κ3) is 9.39. The quantitative estimate of drug-likeness (QED) is 0.139. The van der Waals surface area contributed by atoms with Crippen LogP contribution < -0.4 is 19.3 Å². The van der Waals surface area contributed by atoms with Crippen LogP contribution >= 0.6 is 0 Å². The summed E-state index contributed by atoms with van der Waals surface area (Å²) in [6.07, 6.45) is 0.934. The molecular formula is C46H52N6O6. The number of ether oxygens (including phenoxy) is 4. The molecule has 5 aromatic rings. The Morgan fingerprint density at radius 2 is 1.43 bits per heavy atom. The molecule has 302 valence electrons. The maximum Gasteiger partial charge on any atom is 0.410 e. The number of anilines is 2. The van der Waals surface area contributed by atoms with Crippen molar-refractivity contribution in [1.82, 2.24) is 19.8 Å². The minimum absolute atomic E-state index is 0.127. The van der Waals surface area contributed by atoms with Gasteiger partial charge in [0.15, 0.2) is 0 Å². The van der Waals surface area contributed by atoms with Crippen molar-refractivity contribution in [2.45, 2.75) is 59.0 Å². The van der Waals surface area contributed by atoms with Crippen molar-refractivity contribution in [3.8, 4) is 11.8 Å². The number of likely N-dealkylation sites (tertiary alicyclic amines) is 1. The monoisotopic (exact) mass is 784 g/mol. The summed E-state index contributed by atoms with van der Waals surface area (Å²) in [6.45, 7) is 11.5. The molecule has 1 aromatic heterocycles. The van der Waals surface area contributed by atoms with E-state index in [4.69, 9.17) is 28.9 Å². The summed E-state index contributed by atoms with van der Waals surface area (Å²) in [5.41, 5.74) is 4.62. The first-order valence-corrected chi connectivity index (χ1v) is 20.3. The first kappa shape index (κ1) is 38.8. The molecule has 4 heterocycles. The fourth-order valence-electron chi connectivity index (χ4n) is 7.83. The molecule has 2 amide bonds. The number of aromatic nitrogens is 2. The third-order valence-electron chi connectivity index (χ3n) is 10.9. The van der Waals surface area contributed by atoms with E-state index in [1.165, 1.54) is 0 Å². The van der Waals surface area contributed by atoms with Crippen LogP contribution in [0.15, 0.2) is 97.1 Å². The summed E-state index contributed by atoms with van der Waals surface area (Å²) >= 11 is 0. The van der Waals surface area contributed by atoms with Crippen LogP contribution in [-0.2, 0) is 35.7 Å². The molecule has 0 bridgehead atoms. The molecule has 0 radical (unpaired) electrons. The lowest BCUT2D eigenvalue weighted by Gasteiger charge is -2.38. The standard InChI is InChI=1S/C46H52N6O6/c1-46(2,3)58-45(54)52-20-18-35(28-52)32-56-43-47-40-29-51(41-27-37(26-36-16-10-11-17-38(36)41)55-30-33-12-6-4-7-13-33)21-19-39(40)42(48-43)49-22-24-50(25-23-49)44(53)57-31-34-14-8-5-9-15-34/h4-17,26-27,35H,18-25,28-32H2,1-3H3/t35-/m0/s1. The Balaban J connectivity index is 1.01. The van der Waals surface area contributed by atoms with Crippen molar-refractivity contribution in [3.63, 3.8) is 0 Å². The summed E-state index contributed by atoms with van der Waals surface area (Å²) in [6, 6.07) is 32.9. The molecule has 0 saturated carbocycles. The number of piperazine rings is 1. The summed E-state index contributed by atoms with van der Waals surface area (Å²) in [4.78, 5) is 44.1. The number of fused-ring (bicyclic) bond motifs is 2. The highest BCUT2D eigenvalue weighted by molar-refractivity contribution is 5.96. The van der Waals surface area contributed by atoms with Crippen molar-refractivity contribution in [1.29, 1.82) is 0 Å². The highest BCUT2D eigenvalue weighted by atomic mass is 16.6. The molecule has 4 aromatic carbocycles. The Hall–Kier alpha value is -6.04. The number of hydrogen-bond donors (Lipinski definition) is 0. The van der Waals surface area contributed by atoms with Gasteiger partial charge in [0.05, 0.1) is 18.8 Å². The second kappa shape index (κ2) is 17.2. The van der Waals surface area contributed by atoms with Gasteiger partial charge in [0.2, 0.25) is 0 Å². The van der Waals surface area contributed by atoms with Crippen molar-refractivity contribution < 1.29 is 28.5 Å². The zero-order valence-corrected chi connectivity index (χ0v) is 33.6. The van der Waals surface area contributed by atoms with Gasteiger partial charge in [-0.2, -0.15) is 9.97 Å². The lowest BCUT2D eigenvalue weighted by molar-refractivity contribution is 0.0284. The van der Waals surface area contributed by atoms with E-state index in [2.05, 4.69) is 58.3 Å². The zero-order valence-electron chi connectivity index (χ0n) is 33.6. The molecule has 0 unspecified atom stereocenters. The number of rotatable bonds is 10. The van der Waals surface area contributed by atoms with Crippen LogP contribution in [0.3, 0.4) is 0 Å². The Labute approximate surface area is 340 Å². The second-order valence-electron chi connectivity index (χ2n) is 16.3. The largest absolute Gasteiger partial charge is 0.489 e. The van der Waals surface area contributed by atoms with Gasteiger partial charge in [-0.05, 0) is 56.2 Å². The van der Waals surface area contributed by atoms with Gasteiger partial charge in [-0.1, -0.05) is 84.9 Å².